The van der Waals surface area contributed by atoms with E-state index in [-0.39, 0.29) is 24.6 Å². The van der Waals surface area contributed by atoms with Crippen LogP contribution in [0.2, 0.25) is 0 Å². The first-order valence-electron chi connectivity index (χ1n) is 6.42. The molecule has 1 aromatic rings. The Morgan fingerprint density at radius 2 is 2.15 bits per heavy atom. The van der Waals surface area contributed by atoms with E-state index in [1.165, 1.54) is 23.1 Å². The highest BCUT2D eigenvalue weighted by Crippen LogP contribution is 2.19. The second-order valence-corrected chi connectivity index (χ2v) is 5.22. The third kappa shape index (κ3) is 3.33. The lowest BCUT2D eigenvalue weighted by Gasteiger charge is -2.19. The van der Waals surface area contributed by atoms with E-state index in [2.05, 4.69) is 5.32 Å². The molecule has 0 saturated carbocycles. The third-order valence-electron chi connectivity index (χ3n) is 3.32. The van der Waals surface area contributed by atoms with Crippen LogP contribution in [0.25, 0.3) is 0 Å². The zero-order chi connectivity index (χ0) is 14.8. The van der Waals surface area contributed by atoms with Crippen molar-refractivity contribution in [3.05, 3.63) is 35.6 Å². The topological polar surface area (TPSA) is 69.6 Å². The van der Waals surface area contributed by atoms with E-state index >= 15 is 0 Å². The minimum atomic E-state index is -0.870. The Hall–Kier alpha value is -1.95. The fraction of sp³-hybridized carbons (Fsp3) is 0.429. The molecule has 1 unspecified atom stereocenters. The highest BCUT2D eigenvalue weighted by Gasteiger charge is 2.33. The lowest BCUT2D eigenvalue weighted by atomic mass is 10.1. The highest BCUT2D eigenvalue weighted by atomic mass is 19.1. The molecule has 0 aromatic heterocycles. The molecule has 2 rings (SSSR count). The molecule has 1 aromatic carbocycles. The van der Waals surface area contributed by atoms with E-state index in [1.54, 1.807) is 13.0 Å². The molecule has 1 saturated heterocycles. The Morgan fingerprint density at radius 1 is 1.45 bits per heavy atom. The molecule has 0 spiro atoms. The SMILES string of the molecule is CC1(O)CCN(C(=O)CNC(=O)c2ccccc2F)C1. The van der Waals surface area contributed by atoms with Gasteiger partial charge in [-0.25, -0.2) is 4.39 Å². The number of β-amino-alcohol motifs (C(OH)–C–C–N with tert-alkyl or cyclic N) is 1. The number of carbonyl (C=O) groups excluding carboxylic acids is 2. The fourth-order valence-electron chi connectivity index (χ4n) is 2.17. The molecule has 2 N–H and O–H groups in total. The van der Waals surface area contributed by atoms with Crippen LogP contribution in [0.4, 0.5) is 4.39 Å². The van der Waals surface area contributed by atoms with Gasteiger partial charge in [0.05, 0.1) is 17.7 Å². The number of halogens is 1. The van der Waals surface area contributed by atoms with Crippen molar-refractivity contribution in [2.24, 2.45) is 0 Å². The summed E-state index contributed by atoms with van der Waals surface area (Å²) in [7, 11) is 0. The molecule has 0 aliphatic carbocycles. The van der Waals surface area contributed by atoms with Gasteiger partial charge in [0.2, 0.25) is 5.91 Å². The number of benzene rings is 1. The van der Waals surface area contributed by atoms with Crippen LogP contribution in [0.1, 0.15) is 23.7 Å². The van der Waals surface area contributed by atoms with E-state index in [1.807, 2.05) is 0 Å². The Kier molecular flexibility index (Phi) is 4.04. The summed E-state index contributed by atoms with van der Waals surface area (Å²) in [6.07, 6.45) is 0.514. The number of likely N-dealkylation sites (tertiary alicyclic amines) is 1. The lowest BCUT2D eigenvalue weighted by Crippen LogP contribution is -2.41. The number of nitrogens with zero attached hydrogens (tertiary/aromatic N) is 1. The molecule has 1 heterocycles. The van der Waals surface area contributed by atoms with Gasteiger partial charge >= 0.3 is 0 Å². The molecule has 6 heteroatoms. The number of rotatable bonds is 3. The first kappa shape index (κ1) is 14.5. The van der Waals surface area contributed by atoms with Gasteiger partial charge in [-0.3, -0.25) is 9.59 Å². The minimum absolute atomic E-state index is 0.0891. The molecular weight excluding hydrogens is 263 g/mol. The molecule has 1 aliphatic rings. The van der Waals surface area contributed by atoms with E-state index in [9.17, 15) is 19.1 Å². The average Bonchev–Trinajstić information content (AvgIpc) is 2.76. The lowest BCUT2D eigenvalue weighted by molar-refractivity contribution is -0.129. The summed E-state index contributed by atoms with van der Waals surface area (Å²) >= 11 is 0. The van der Waals surface area contributed by atoms with Crippen molar-refractivity contribution in [1.82, 2.24) is 10.2 Å². The quantitative estimate of drug-likeness (QED) is 0.849. The maximum Gasteiger partial charge on any atom is 0.254 e. The van der Waals surface area contributed by atoms with Crippen LogP contribution in [0.3, 0.4) is 0 Å². The van der Waals surface area contributed by atoms with Gasteiger partial charge < -0.3 is 15.3 Å². The van der Waals surface area contributed by atoms with Crippen molar-refractivity contribution in [2.45, 2.75) is 18.9 Å². The minimum Gasteiger partial charge on any atom is -0.388 e. The van der Waals surface area contributed by atoms with Crippen molar-refractivity contribution >= 4 is 11.8 Å². The Labute approximate surface area is 116 Å². The summed E-state index contributed by atoms with van der Waals surface area (Å²) in [5, 5.41) is 12.2. The highest BCUT2D eigenvalue weighted by molar-refractivity contribution is 5.96. The summed E-state index contributed by atoms with van der Waals surface area (Å²) < 4.78 is 13.4. The van der Waals surface area contributed by atoms with E-state index in [0.29, 0.717) is 13.0 Å². The molecule has 20 heavy (non-hydrogen) atoms. The Bertz CT molecular complexity index is 531. The zero-order valence-corrected chi connectivity index (χ0v) is 11.2. The predicted molar refractivity (Wildman–Crippen MR) is 70.6 cm³/mol. The normalized spacial score (nSPS) is 21.9. The third-order valence-corrected chi connectivity index (χ3v) is 3.32. The van der Waals surface area contributed by atoms with Crippen LogP contribution < -0.4 is 5.32 Å². The number of amides is 2. The fourth-order valence-corrected chi connectivity index (χ4v) is 2.17. The predicted octanol–water partition coefficient (Wildman–Crippen LogP) is 0.539. The zero-order valence-electron chi connectivity index (χ0n) is 11.2. The first-order valence-corrected chi connectivity index (χ1v) is 6.42. The van der Waals surface area contributed by atoms with Gasteiger partial charge in [-0.1, -0.05) is 12.1 Å². The first-order chi connectivity index (χ1) is 9.39. The molecular formula is C14H17FN2O3. The maximum absolute atomic E-state index is 13.4. The Balaban J connectivity index is 1.88. The average molecular weight is 280 g/mol. The smallest absolute Gasteiger partial charge is 0.254 e. The van der Waals surface area contributed by atoms with E-state index in [0.717, 1.165) is 0 Å². The van der Waals surface area contributed by atoms with Gasteiger partial charge in [0.25, 0.3) is 5.91 Å². The van der Waals surface area contributed by atoms with Gasteiger partial charge in [0, 0.05) is 13.1 Å². The number of nitrogens with one attached hydrogen (secondary N) is 1. The molecule has 5 nitrogen and oxygen atoms in total. The Morgan fingerprint density at radius 3 is 2.75 bits per heavy atom. The van der Waals surface area contributed by atoms with Crippen molar-refractivity contribution < 1.29 is 19.1 Å². The summed E-state index contributed by atoms with van der Waals surface area (Å²) in [4.78, 5) is 25.1. The summed E-state index contributed by atoms with van der Waals surface area (Å²) in [5.74, 6) is -1.53. The maximum atomic E-state index is 13.4. The van der Waals surface area contributed by atoms with Gasteiger partial charge in [0.1, 0.15) is 5.82 Å². The van der Waals surface area contributed by atoms with Crippen LogP contribution in [-0.2, 0) is 4.79 Å². The molecule has 1 atom stereocenters. The van der Waals surface area contributed by atoms with Crippen LogP contribution in [-0.4, -0.2) is 47.1 Å². The van der Waals surface area contributed by atoms with Gasteiger partial charge in [0.15, 0.2) is 0 Å². The van der Waals surface area contributed by atoms with E-state index < -0.39 is 17.3 Å². The van der Waals surface area contributed by atoms with Crippen LogP contribution >= 0.6 is 0 Å². The number of carbonyl (C=O) groups is 2. The van der Waals surface area contributed by atoms with Gasteiger partial charge in [-0.2, -0.15) is 0 Å². The number of hydrogen-bond acceptors (Lipinski definition) is 3. The summed E-state index contributed by atoms with van der Waals surface area (Å²) in [6.45, 7) is 2.17. The number of hydrogen-bond donors (Lipinski definition) is 2. The molecule has 2 amide bonds. The standard InChI is InChI=1S/C14H17FN2O3/c1-14(20)6-7-17(9-14)12(18)8-16-13(19)10-4-2-3-5-11(10)15/h2-5,20H,6-9H2,1H3,(H,16,19). The van der Waals surface area contributed by atoms with Crippen molar-refractivity contribution in [2.75, 3.05) is 19.6 Å². The van der Waals surface area contributed by atoms with Gasteiger partial charge in [-0.15, -0.1) is 0 Å². The second kappa shape index (κ2) is 5.58. The molecule has 108 valence electrons. The summed E-state index contributed by atoms with van der Waals surface area (Å²) in [5.41, 5.74) is -0.959. The molecule has 1 fully saturated rings. The molecule has 0 radical (unpaired) electrons. The molecule has 0 bridgehead atoms. The second-order valence-electron chi connectivity index (χ2n) is 5.22. The summed E-state index contributed by atoms with van der Waals surface area (Å²) in [6, 6.07) is 5.59. The van der Waals surface area contributed by atoms with Gasteiger partial charge in [-0.05, 0) is 25.5 Å². The molecule has 1 aliphatic heterocycles. The van der Waals surface area contributed by atoms with E-state index in [4.69, 9.17) is 0 Å². The van der Waals surface area contributed by atoms with Crippen molar-refractivity contribution in [1.29, 1.82) is 0 Å². The van der Waals surface area contributed by atoms with Crippen LogP contribution in [0, 0.1) is 5.82 Å². The van der Waals surface area contributed by atoms with Crippen LogP contribution in [0.15, 0.2) is 24.3 Å². The van der Waals surface area contributed by atoms with Crippen molar-refractivity contribution in [3.63, 3.8) is 0 Å². The number of aliphatic hydroxyl groups is 1. The largest absolute Gasteiger partial charge is 0.388 e. The van der Waals surface area contributed by atoms with Crippen molar-refractivity contribution in [3.8, 4) is 0 Å². The monoisotopic (exact) mass is 280 g/mol. The van der Waals surface area contributed by atoms with Crippen LogP contribution in [0.5, 0.6) is 0 Å².